The summed E-state index contributed by atoms with van der Waals surface area (Å²) in [6.07, 6.45) is 4.61. The number of hydrogen-bond acceptors (Lipinski definition) is 8. The number of anilines is 4. The molecule has 2 aromatic heterocycles. The normalized spacial score (nSPS) is 23.1. The van der Waals surface area contributed by atoms with Gasteiger partial charge in [0.25, 0.3) is 5.91 Å². The Kier molecular flexibility index (Phi) is 4.13. The lowest BCUT2D eigenvalue weighted by Crippen LogP contribution is -2.58. The molecular weight excluding hydrogens is 438 g/mol. The van der Waals surface area contributed by atoms with Gasteiger partial charge in [-0.25, -0.2) is 14.3 Å². The maximum atomic E-state index is 12.4. The number of carbonyl (C=O) groups excluding carboxylic acids is 3. The second-order valence-corrected chi connectivity index (χ2v) is 9.43. The summed E-state index contributed by atoms with van der Waals surface area (Å²) in [5.74, 6) is 0.605. The Balaban J connectivity index is 1.29. The third-order valence-corrected chi connectivity index (χ3v) is 6.81. The lowest BCUT2D eigenvalue weighted by Gasteiger charge is -2.38. The topological polar surface area (TPSA) is 146 Å². The summed E-state index contributed by atoms with van der Waals surface area (Å²) in [6, 6.07) is 5.21. The average molecular weight is 461 g/mol. The molecule has 1 spiro atoms. The molecule has 3 aromatic rings. The quantitative estimate of drug-likeness (QED) is 0.427. The molecule has 1 atom stereocenters. The van der Waals surface area contributed by atoms with Crippen LogP contribution in [0.4, 0.5) is 27.9 Å². The maximum Gasteiger partial charge on any atom is 0.322 e. The SMILES string of the molecule is CC1(C)C(=O)Nc2cc(Nc3nc4c(N5CCCC6(C5)NC(=O)NC6=O)nccn4n3)ccc21. The van der Waals surface area contributed by atoms with E-state index in [9.17, 15) is 14.4 Å². The Morgan fingerprint density at radius 1 is 1.12 bits per heavy atom. The molecule has 0 saturated carbocycles. The van der Waals surface area contributed by atoms with Crippen LogP contribution in [0.15, 0.2) is 30.6 Å². The van der Waals surface area contributed by atoms with Gasteiger partial charge in [-0.3, -0.25) is 14.9 Å². The summed E-state index contributed by atoms with van der Waals surface area (Å²) in [4.78, 5) is 47.5. The van der Waals surface area contributed by atoms with E-state index >= 15 is 0 Å². The van der Waals surface area contributed by atoms with Gasteiger partial charge in [0.2, 0.25) is 11.9 Å². The Morgan fingerprint density at radius 3 is 2.76 bits per heavy atom. The standard InChI is InChI=1S/C22H23N9O3/c1-21(2)13-5-4-12(10-14(13)25-17(21)32)24-19-26-16-15(23-7-9-31(16)29-19)30-8-3-6-22(11-30)18(33)27-20(34)28-22/h4-5,7,9-10H,3,6,8,11H2,1-2H3,(H,24,29)(H,25,32)(H2,27,28,33,34). The first-order chi connectivity index (χ1) is 16.2. The number of nitrogens with one attached hydrogen (secondary N) is 4. The number of urea groups is 1. The molecule has 0 radical (unpaired) electrons. The summed E-state index contributed by atoms with van der Waals surface area (Å²) in [7, 11) is 0. The van der Waals surface area contributed by atoms with Gasteiger partial charge >= 0.3 is 6.03 Å². The minimum absolute atomic E-state index is 0.0346. The fraction of sp³-hybridized carbons (Fsp3) is 0.364. The van der Waals surface area contributed by atoms with Crippen molar-refractivity contribution >= 4 is 46.6 Å². The monoisotopic (exact) mass is 461 g/mol. The third kappa shape index (κ3) is 2.98. The molecule has 3 aliphatic rings. The first kappa shape index (κ1) is 20.4. The fourth-order valence-electron chi connectivity index (χ4n) is 4.93. The van der Waals surface area contributed by atoms with Gasteiger partial charge < -0.3 is 20.9 Å². The van der Waals surface area contributed by atoms with Crippen LogP contribution in [0.25, 0.3) is 5.65 Å². The van der Waals surface area contributed by atoms with Crippen molar-refractivity contribution in [3.63, 3.8) is 0 Å². The minimum atomic E-state index is -0.965. The van der Waals surface area contributed by atoms with E-state index in [4.69, 9.17) is 0 Å². The Morgan fingerprint density at radius 2 is 1.97 bits per heavy atom. The third-order valence-electron chi connectivity index (χ3n) is 6.81. The molecule has 0 bridgehead atoms. The molecule has 12 nitrogen and oxygen atoms in total. The van der Waals surface area contributed by atoms with E-state index < -0.39 is 17.0 Å². The highest BCUT2D eigenvalue weighted by Crippen LogP contribution is 2.39. The van der Waals surface area contributed by atoms with Crippen LogP contribution < -0.4 is 26.2 Å². The van der Waals surface area contributed by atoms with Crippen LogP contribution in [0, 0.1) is 0 Å². The van der Waals surface area contributed by atoms with Gasteiger partial charge in [0.1, 0.15) is 5.54 Å². The zero-order valence-corrected chi connectivity index (χ0v) is 18.7. The van der Waals surface area contributed by atoms with Crippen molar-refractivity contribution in [2.75, 3.05) is 28.6 Å². The number of carbonyl (C=O) groups is 3. The molecule has 1 unspecified atom stereocenters. The van der Waals surface area contributed by atoms with Crippen LogP contribution in [-0.2, 0) is 15.0 Å². The van der Waals surface area contributed by atoms with E-state index in [1.807, 2.05) is 36.9 Å². The van der Waals surface area contributed by atoms with E-state index in [2.05, 4.69) is 36.3 Å². The van der Waals surface area contributed by atoms with Gasteiger partial charge in [-0.15, -0.1) is 5.10 Å². The summed E-state index contributed by atoms with van der Waals surface area (Å²) in [5.41, 5.74) is 1.44. The molecular formula is C22H23N9O3. The summed E-state index contributed by atoms with van der Waals surface area (Å²) < 4.78 is 1.62. The smallest absolute Gasteiger partial charge is 0.322 e. The molecule has 4 N–H and O–H groups in total. The predicted molar refractivity (Wildman–Crippen MR) is 123 cm³/mol. The summed E-state index contributed by atoms with van der Waals surface area (Å²) in [6.45, 7) is 4.76. The zero-order valence-electron chi connectivity index (χ0n) is 18.7. The van der Waals surface area contributed by atoms with Crippen LogP contribution in [0.1, 0.15) is 32.3 Å². The van der Waals surface area contributed by atoms with Crippen molar-refractivity contribution < 1.29 is 14.4 Å². The van der Waals surface area contributed by atoms with Crippen molar-refractivity contribution in [1.29, 1.82) is 0 Å². The first-order valence-electron chi connectivity index (χ1n) is 11.1. The molecule has 6 rings (SSSR count). The van der Waals surface area contributed by atoms with Crippen LogP contribution in [0.3, 0.4) is 0 Å². The van der Waals surface area contributed by atoms with Gasteiger partial charge in [0.15, 0.2) is 11.5 Å². The van der Waals surface area contributed by atoms with Crippen molar-refractivity contribution in [3.05, 3.63) is 36.2 Å². The Hall–Kier alpha value is -4.22. The van der Waals surface area contributed by atoms with Crippen molar-refractivity contribution in [3.8, 4) is 0 Å². The van der Waals surface area contributed by atoms with Gasteiger partial charge in [0, 0.05) is 30.3 Å². The highest BCUT2D eigenvalue weighted by Gasteiger charge is 2.49. The number of fused-ring (bicyclic) bond motifs is 2. The van der Waals surface area contributed by atoms with Crippen molar-refractivity contribution in [2.45, 2.75) is 37.6 Å². The van der Waals surface area contributed by atoms with Gasteiger partial charge in [-0.05, 0) is 44.4 Å². The molecule has 5 heterocycles. The van der Waals surface area contributed by atoms with Gasteiger partial charge in [-0.1, -0.05) is 6.07 Å². The summed E-state index contributed by atoms with van der Waals surface area (Å²) in [5, 5.41) is 15.7. The largest absolute Gasteiger partial charge is 0.351 e. The molecule has 2 fully saturated rings. The fourth-order valence-corrected chi connectivity index (χ4v) is 4.93. The van der Waals surface area contributed by atoms with E-state index in [0.717, 1.165) is 16.9 Å². The number of benzene rings is 1. The lowest BCUT2D eigenvalue weighted by atomic mass is 9.86. The van der Waals surface area contributed by atoms with Crippen LogP contribution in [0.2, 0.25) is 0 Å². The highest BCUT2D eigenvalue weighted by atomic mass is 16.2. The van der Waals surface area contributed by atoms with Crippen LogP contribution >= 0.6 is 0 Å². The highest BCUT2D eigenvalue weighted by molar-refractivity contribution is 6.07. The number of nitrogens with zero attached hydrogens (tertiary/aromatic N) is 5. The first-order valence-corrected chi connectivity index (χ1v) is 11.1. The van der Waals surface area contributed by atoms with Crippen molar-refractivity contribution in [1.82, 2.24) is 30.2 Å². The van der Waals surface area contributed by atoms with E-state index in [0.29, 0.717) is 43.3 Å². The van der Waals surface area contributed by atoms with Crippen molar-refractivity contribution in [2.24, 2.45) is 0 Å². The molecule has 2 saturated heterocycles. The molecule has 0 aliphatic carbocycles. The second-order valence-electron chi connectivity index (χ2n) is 9.43. The predicted octanol–water partition coefficient (Wildman–Crippen LogP) is 1.28. The molecule has 1 aromatic carbocycles. The molecule has 12 heteroatoms. The van der Waals surface area contributed by atoms with E-state index in [1.165, 1.54) is 0 Å². The van der Waals surface area contributed by atoms with E-state index in [1.54, 1.807) is 16.9 Å². The second kappa shape index (κ2) is 6.89. The number of hydrogen-bond donors (Lipinski definition) is 4. The van der Waals surface area contributed by atoms with Crippen LogP contribution in [0.5, 0.6) is 0 Å². The molecule has 4 amide bonds. The minimum Gasteiger partial charge on any atom is -0.351 e. The zero-order chi connectivity index (χ0) is 23.7. The van der Waals surface area contributed by atoms with Crippen LogP contribution in [-0.4, -0.2) is 56.1 Å². The molecule has 3 aliphatic heterocycles. The maximum absolute atomic E-state index is 12.4. The lowest BCUT2D eigenvalue weighted by molar-refractivity contribution is -0.124. The number of aromatic nitrogens is 4. The Bertz CT molecular complexity index is 1380. The average Bonchev–Trinajstić information content (AvgIpc) is 3.39. The Labute approximate surface area is 194 Å². The summed E-state index contributed by atoms with van der Waals surface area (Å²) >= 11 is 0. The number of imide groups is 1. The molecule has 174 valence electrons. The number of rotatable bonds is 3. The number of amides is 4. The van der Waals surface area contributed by atoms with E-state index in [-0.39, 0.29) is 11.8 Å². The number of piperidine rings is 1. The van der Waals surface area contributed by atoms with Gasteiger partial charge in [0.05, 0.1) is 12.0 Å². The van der Waals surface area contributed by atoms with Gasteiger partial charge in [-0.2, -0.15) is 4.98 Å². The molecule has 34 heavy (non-hydrogen) atoms.